The van der Waals surface area contributed by atoms with E-state index in [-0.39, 0.29) is 38.8 Å². The van der Waals surface area contributed by atoms with Gasteiger partial charge in [0.15, 0.2) is 8.32 Å². The van der Waals surface area contributed by atoms with Crippen LogP contribution in [0.2, 0.25) is 19.6 Å². The first kappa shape index (κ1) is 37.6. The van der Waals surface area contributed by atoms with E-state index < -0.39 is 8.32 Å². The number of hydrogen-bond donors (Lipinski definition) is 2. The molecule has 174 valence electrons. The SMILES string of the molecule is CCO.C[Si](C)(C)O.Cl.Cl.[C-]1=CC=CC1.[CH2]=[Zr].[CH3-].c1ccc2c(c1)[cH-]c1ccccc12. The Labute approximate surface area is 217 Å². The van der Waals surface area contributed by atoms with Crippen molar-refractivity contribution in [2.75, 3.05) is 6.61 Å². The van der Waals surface area contributed by atoms with Crippen molar-refractivity contribution in [3.8, 4) is 0 Å². The molecular weight excluding hydrogens is 522 g/mol. The molecule has 31 heavy (non-hydrogen) atoms. The summed E-state index contributed by atoms with van der Waals surface area (Å²) in [6.07, 6.45) is 10.0. The minimum atomic E-state index is -1.61. The van der Waals surface area contributed by atoms with Crippen LogP contribution in [-0.2, 0) is 24.2 Å². The van der Waals surface area contributed by atoms with Crippen LogP contribution in [0, 0.1) is 13.5 Å². The molecule has 0 saturated carbocycles. The van der Waals surface area contributed by atoms with Gasteiger partial charge in [-0.25, -0.2) is 12.2 Å². The predicted octanol–water partition coefficient (Wildman–Crippen LogP) is 7.09. The van der Waals surface area contributed by atoms with Crippen LogP contribution in [-0.4, -0.2) is 29.0 Å². The van der Waals surface area contributed by atoms with Gasteiger partial charge in [-0.2, -0.15) is 6.08 Å². The van der Waals surface area contributed by atoms with Crippen molar-refractivity contribution in [2.45, 2.75) is 33.0 Å². The zero-order chi connectivity index (χ0) is 21.4. The summed E-state index contributed by atoms with van der Waals surface area (Å²) in [5, 5.41) is 13.0. The van der Waals surface area contributed by atoms with E-state index in [0.717, 1.165) is 6.42 Å². The summed E-state index contributed by atoms with van der Waals surface area (Å²) < 4.78 is 3.34. The third kappa shape index (κ3) is 18.5. The second-order valence-corrected chi connectivity index (χ2v) is 11.2. The van der Waals surface area contributed by atoms with E-state index in [1.54, 1.807) is 6.92 Å². The number of aliphatic hydroxyl groups is 1. The van der Waals surface area contributed by atoms with Gasteiger partial charge in [0.2, 0.25) is 0 Å². The van der Waals surface area contributed by atoms with E-state index in [1.165, 1.54) is 45.8 Å². The fourth-order valence-electron chi connectivity index (χ4n) is 2.24. The van der Waals surface area contributed by atoms with Gasteiger partial charge in [-0.1, -0.05) is 36.4 Å². The van der Waals surface area contributed by atoms with Gasteiger partial charge >= 0.3 is 28.4 Å². The molecule has 0 amide bonds. The fourth-order valence-corrected chi connectivity index (χ4v) is 2.24. The Bertz CT molecular complexity index is 789. The molecule has 2 nitrogen and oxygen atoms in total. The zero-order valence-electron chi connectivity index (χ0n) is 19.3. The van der Waals surface area contributed by atoms with Crippen LogP contribution in [0.3, 0.4) is 0 Å². The Morgan fingerprint density at radius 3 is 1.58 bits per heavy atom. The van der Waals surface area contributed by atoms with E-state index in [2.05, 4.69) is 71.0 Å². The van der Waals surface area contributed by atoms with Gasteiger partial charge in [0, 0.05) is 6.61 Å². The maximum Gasteiger partial charge on any atom is -0.0771 e. The van der Waals surface area contributed by atoms with Crippen LogP contribution < -0.4 is 0 Å². The Morgan fingerprint density at radius 1 is 0.968 bits per heavy atom. The summed E-state index contributed by atoms with van der Waals surface area (Å²) in [5.74, 6) is 0. The van der Waals surface area contributed by atoms with Gasteiger partial charge in [-0.05, 0) is 26.6 Å². The molecule has 2 N–H and O–H groups in total. The van der Waals surface area contributed by atoms with E-state index in [0.29, 0.717) is 0 Å². The van der Waals surface area contributed by atoms with E-state index in [9.17, 15) is 0 Å². The maximum atomic E-state index is 8.66. The molecular formula is C25H37Cl2O2SiZr-3. The number of hydrogen-bond acceptors (Lipinski definition) is 2. The van der Waals surface area contributed by atoms with Gasteiger partial charge in [0.1, 0.15) is 0 Å². The normalized spacial score (nSPS) is 10.1. The summed E-state index contributed by atoms with van der Waals surface area (Å²) in [6, 6.07) is 19.3. The second kappa shape index (κ2) is 22.5. The largest absolute Gasteiger partial charge is 0.358 e. The average molecular weight is 560 g/mol. The summed E-state index contributed by atoms with van der Waals surface area (Å²) in [6.45, 7) is 7.58. The molecule has 0 bridgehead atoms. The summed E-state index contributed by atoms with van der Waals surface area (Å²) in [5.41, 5.74) is 0. The molecule has 0 aromatic heterocycles. The Hall–Kier alpha value is -0.740. The van der Waals surface area contributed by atoms with Crippen molar-refractivity contribution in [3.63, 3.8) is 0 Å². The maximum absolute atomic E-state index is 8.66. The van der Waals surface area contributed by atoms with Crippen LogP contribution in [0.5, 0.6) is 0 Å². The topological polar surface area (TPSA) is 40.5 Å². The van der Waals surface area contributed by atoms with Gasteiger partial charge < -0.3 is 17.3 Å². The summed E-state index contributed by atoms with van der Waals surface area (Å²) >= 11 is 1.30. The third-order valence-corrected chi connectivity index (χ3v) is 3.11. The zero-order valence-corrected chi connectivity index (χ0v) is 24.4. The van der Waals surface area contributed by atoms with Crippen LogP contribution >= 0.6 is 24.8 Å². The fraction of sp³-hybridized carbons (Fsp3) is 0.240. The molecule has 0 heterocycles. The molecule has 0 aliphatic heterocycles. The average Bonchev–Trinajstić information content (AvgIpc) is 3.34. The van der Waals surface area contributed by atoms with Crippen molar-refractivity contribution < 1.29 is 34.1 Å². The molecule has 1 aliphatic rings. The number of halogens is 2. The number of aliphatic hydroxyl groups excluding tert-OH is 1. The van der Waals surface area contributed by atoms with Crippen molar-refractivity contribution >= 4 is 58.9 Å². The van der Waals surface area contributed by atoms with Crippen LogP contribution in [0.4, 0.5) is 0 Å². The molecule has 3 aromatic rings. The van der Waals surface area contributed by atoms with Gasteiger partial charge in [-0.15, -0.1) is 71.0 Å². The van der Waals surface area contributed by atoms with E-state index in [1.807, 2.05) is 31.8 Å². The predicted molar refractivity (Wildman–Crippen MR) is 145 cm³/mol. The van der Waals surface area contributed by atoms with Crippen LogP contribution in [0.1, 0.15) is 13.3 Å². The molecule has 3 aromatic carbocycles. The van der Waals surface area contributed by atoms with Crippen molar-refractivity contribution in [1.29, 1.82) is 0 Å². The van der Waals surface area contributed by atoms with Gasteiger partial charge in [-0.3, -0.25) is 6.08 Å². The molecule has 0 unspecified atom stereocenters. The number of fused-ring (bicyclic) bond motifs is 3. The van der Waals surface area contributed by atoms with Crippen LogP contribution in [0.25, 0.3) is 21.5 Å². The first-order chi connectivity index (χ1) is 13.4. The monoisotopic (exact) mass is 557 g/mol. The standard InChI is InChI=1S/C13H9.C5H5.C3H10OSi.C2H6O.CH3.CH2.2ClH.Zr/c1-3-7-12-10(5-1)9-11-6-2-4-8-13(11)12;1-2-4-5-3-1;1-5(2,3)4;1-2-3;;;;;/h1-9H;1-3H,4H2;4H,1-3H3;3H,2H2,1H3;1H3;1H2;2*1H;/q2*-1;;;-1;;;;. The third-order valence-electron chi connectivity index (χ3n) is 3.11. The summed E-state index contributed by atoms with van der Waals surface area (Å²) in [4.78, 5) is 8.66. The molecule has 1 aliphatic carbocycles. The van der Waals surface area contributed by atoms with Crippen molar-refractivity contribution in [1.82, 2.24) is 0 Å². The molecule has 0 saturated heterocycles. The molecule has 0 spiro atoms. The molecule has 6 heteroatoms. The Morgan fingerprint density at radius 2 is 1.32 bits per heavy atom. The quantitative estimate of drug-likeness (QED) is 0.228. The first-order valence-electron chi connectivity index (χ1n) is 9.30. The van der Waals surface area contributed by atoms with Gasteiger partial charge in [0.05, 0.1) is 0 Å². The van der Waals surface area contributed by atoms with Crippen molar-refractivity contribution in [3.05, 3.63) is 86.3 Å². The second-order valence-electron chi connectivity index (χ2n) is 6.81. The van der Waals surface area contributed by atoms with E-state index >= 15 is 0 Å². The summed E-state index contributed by atoms with van der Waals surface area (Å²) in [7, 11) is -1.61. The minimum Gasteiger partial charge on any atom is -0.358 e. The first-order valence-corrected chi connectivity index (χ1v) is 14.5. The van der Waals surface area contributed by atoms with Crippen molar-refractivity contribution in [2.24, 2.45) is 0 Å². The molecule has 4 rings (SSSR count). The number of benzene rings is 2. The smallest absolute Gasteiger partial charge is 0.0771 e. The van der Waals surface area contributed by atoms with Crippen LogP contribution in [0.15, 0.2) is 72.8 Å². The minimum absolute atomic E-state index is 0. The van der Waals surface area contributed by atoms with Gasteiger partial charge in [0.25, 0.3) is 0 Å². The Balaban J connectivity index is -0.000000174. The van der Waals surface area contributed by atoms with E-state index in [4.69, 9.17) is 9.90 Å². The Kier molecular flexibility index (Phi) is 27.2. The molecule has 0 fully saturated rings. The molecule has 0 radical (unpaired) electrons. The molecule has 0 atom stereocenters. The number of rotatable bonds is 0. The number of allylic oxidation sites excluding steroid dienone is 4.